The molecule has 0 bridgehead atoms. The second-order valence-electron chi connectivity index (χ2n) is 4.31. The minimum absolute atomic E-state index is 0.482. The van der Waals surface area contributed by atoms with Gasteiger partial charge in [0.05, 0.1) is 12.6 Å². The molecule has 1 atom stereocenters. The number of nitrogens with zero attached hydrogens (tertiary/aromatic N) is 4. The molecule has 84 valence electrons. The summed E-state index contributed by atoms with van der Waals surface area (Å²) in [5.74, 6) is 1.87. The Bertz CT molecular complexity index is 305. The fraction of sp³-hybridized carbons (Fsp3) is 0.900. The van der Waals surface area contributed by atoms with E-state index < -0.39 is 0 Å². The van der Waals surface area contributed by atoms with Crippen LogP contribution >= 0.6 is 0 Å². The summed E-state index contributed by atoms with van der Waals surface area (Å²) in [6.07, 6.45) is 5.12. The Kier molecular flexibility index (Phi) is 3.30. The molecule has 1 N–H and O–H groups in total. The van der Waals surface area contributed by atoms with Gasteiger partial charge in [-0.25, -0.2) is 4.68 Å². The molecule has 0 amide bonds. The zero-order valence-electron chi connectivity index (χ0n) is 9.48. The summed E-state index contributed by atoms with van der Waals surface area (Å²) in [5.41, 5.74) is 0. The van der Waals surface area contributed by atoms with E-state index in [1.165, 1.54) is 19.3 Å². The van der Waals surface area contributed by atoms with Crippen molar-refractivity contribution in [3.8, 4) is 0 Å². The summed E-state index contributed by atoms with van der Waals surface area (Å²) < 4.78 is 1.99. The fourth-order valence-electron chi connectivity index (χ4n) is 1.95. The maximum atomic E-state index is 4.10. The lowest BCUT2D eigenvalue weighted by atomic mass is 10.1. The second-order valence-corrected chi connectivity index (χ2v) is 4.31. The molecule has 0 spiro atoms. The van der Waals surface area contributed by atoms with Gasteiger partial charge < -0.3 is 5.32 Å². The smallest absolute Gasteiger partial charge is 0.165 e. The molecule has 1 heterocycles. The topological polar surface area (TPSA) is 55.6 Å². The lowest BCUT2D eigenvalue weighted by Gasteiger charge is -2.15. The van der Waals surface area contributed by atoms with Crippen LogP contribution in [0, 0.1) is 5.92 Å². The summed E-state index contributed by atoms with van der Waals surface area (Å²) >= 11 is 0. The largest absolute Gasteiger partial charge is 0.313 e. The van der Waals surface area contributed by atoms with E-state index in [9.17, 15) is 0 Å². The zero-order valence-corrected chi connectivity index (χ0v) is 9.48. The van der Waals surface area contributed by atoms with Gasteiger partial charge >= 0.3 is 0 Å². The molecule has 1 aliphatic carbocycles. The number of tetrazole rings is 1. The van der Waals surface area contributed by atoms with Crippen LogP contribution < -0.4 is 5.32 Å². The van der Waals surface area contributed by atoms with E-state index >= 15 is 0 Å². The third-order valence-electron chi connectivity index (χ3n) is 3.02. The normalized spacial score (nSPS) is 18.0. The molecule has 0 radical (unpaired) electrons. The first-order valence-electron chi connectivity index (χ1n) is 5.76. The highest BCUT2D eigenvalue weighted by Gasteiger charge is 2.27. The van der Waals surface area contributed by atoms with Crippen molar-refractivity contribution >= 4 is 0 Å². The van der Waals surface area contributed by atoms with Gasteiger partial charge in [-0.1, -0.05) is 19.8 Å². The van der Waals surface area contributed by atoms with Gasteiger partial charge in [-0.3, -0.25) is 0 Å². The Morgan fingerprint density at radius 3 is 2.93 bits per heavy atom. The molecule has 1 unspecified atom stereocenters. The van der Waals surface area contributed by atoms with E-state index in [0.717, 1.165) is 24.7 Å². The molecule has 5 heteroatoms. The van der Waals surface area contributed by atoms with Crippen LogP contribution in [0.25, 0.3) is 0 Å². The summed E-state index contributed by atoms with van der Waals surface area (Å²) in [6, 6.07) is 0.482. The first-order valence-corrected chi connectivity index (χ1v) is 5.76. The summed E-state index contributed by atoms with van der Waals surface area (Å²) in [5, 5.41) is 15.0. The maximum Gasteiger partial charge on any atom is 0.165 e. The lowest BCUT2D eigenvalue weighted by Crippen LogP contribution is -2.18. The molecular formula is C10H19N5. The van der Waals surface area contributed by atoms with Crippen LogP contribution in [0.2, 0.25) is 0 Å². The van der Waals surface area contributed by atoms with Crippen molar-refractivity contribution in [2.75, 3.05) is 7.05 Å². The summed E-state index contributed by atoms with van der Waals surface area (Å²) in [4.78, 5) is 0. The van der Waals surface area contributed by atoms with Gasteiger partial charge in [-0.05, 0) is 36.2 Å². The Morgan fingerprint density at radius 2 is 2.33 bits per heavy atom. The van der Waals surface area contributed by atoms with E-state index in [0.29, 0.717) is 6.04 Å². The second kappa shape index (κ2) is 4.70. The number of nitrogens with one attached hydrogen (secondary N) is 1. The molecule has 1 aromatic heterocycles. The van der Waals surface area contributed by atoms with E-state index in [1.54, 1.807) is 0 Å². The third kappa shape index (κ3) is 2.53. The van der Waals surface area contributed by atoms with Crippen LogP contribution in [0.15, 0.2) is 0 Å². The molecule has 0 aromatic carbocycles. The van der Waals surface area contributed by atoms with Crippen molar-refractivity contribution in [2.24, 2.45) is 5.92 Å². The summed E-state index contributed by atoms with van der Waals surface area (Å²) in [7, 11) is 1.92. The van der Waals surface area contributed by atoms with Gasteiger partial charge in [0.15, 0.2) is 5.82 Å². The van der Waals surface area contributed by atoms with Crippen molar-refractivity contribution in [3.63, 3.8) is 0 Å². The van der Waals surface area contributed by atoms with E-state index in [-0.39, 0.29) is 0 Å². The minimum Gasteiger partial charge on any atom is -0.313 e. The molecule has 1 saturated carbocycles. The fourth-order valence-corrected chi connectivity index (χ4v) is 1.95. The first-order chi connectivity index (χ1) is 7.35. The average Bonchev–Trinajstić information content (AvgIpc) is 2.95. The number of aromatic nitrogens is 4. The number of hydrogen-bond acceptors (Lipinski definition) is 4. The monoisotopic (exact) mass is 209 g/mol. The highest BCUT2D eigenvalue weighted by molar-refractivity contribution is 4.86. The predicted octanol–water partition coefficient (Wildman–Crippen LogP) is 1.14. The van der Waals surface area contributed by atoms with Crippen LogP contribution in [0.1, 0.15) is 44.5 Å². The van der Waals surface area contributed by atoms with Gasteiger partial charge in [0.1, 0.15) is 0 Å². The van der Waals surface area contributed by atoms with Crippen molar-refractivity contribution < 1.29 is 0 Å². The maximum absolute atomic E-state index is 4.10. The SMILES string of the molecule is CCC(CC1CC1)n1nnnc1CNC. The number of rotatable bonds is 6. The quantitative estimate of drug-likeness (QED) is 0.763. The van der Waals surface area contributed by atoms with Crippen LogP contribution in [-0.2, 0) is 6.54 Å². The third-order valence-corrected chi connectivity index (χ3v) is 3.02. The molecule has 5 nitrogen and oxygen atoms in total. The predicted molar refractivity (Wildman–Crippen MR) is 57.2 cm³/mol. The highest BCUT2D eigenvalue weighted by atomic mass is 15.6. The van der Waals surface area contributed by atoms with Gasteiger partial charge in [-0.2, -0.15) is 0 Å². The van der Waals surface area contributed by atoms with Gasteiger partial charge in [0.2, 0.25) is 0 Å². The van der Waals surface area contributed by atoms with Crippen LogP contribution in [0.3, 0.4) is 0 Å². The number of hydrogen-bond donors (Lipinski definition) is 1. The molecule has 15 heavy (non-hydrogen) atoms. The van der Waals surface area contributed by atoms with Gasteiger partial charge in [-0.15, -0.1) is 5.10 Å². The average molecular weight is 209 g/mol. The molecule has 1 aliphatic rings. The zero-order chi connectivity index (χ0) is 10.7. The Morgan fingerprint density at radius 1 is 1.53 bits per heavy atom. The Labute approximate surface area is 90.2 Å². The van der Waals surface area contributed by atoms with Crippen LogP contribution in [0.4, 0.5) is 0 Å². The Balaban J connectivity index is 2.05. The van der Waals surface area contributed by atoms with Gasteiger partial charge in [0, 0.05) is 0 Å². The van der Waals surface area contributed by atoms with E-state index in [1.807, 2.05) is 11.7 Å². The van der Waals surface area contributed by atoms with Crippen LogP contribution in [0.5, 0.6) is 0 Å². The summed E-state index contributed by atoms with van der Waals surface area (Å²) in [6.45, 7) is 2.95. The van der Waals surface area contributed by atoms with E-state index in [4.69, 9.17) is 0 Å². The molecule has 2 rings (SSSR count). The molecule has 0 saturated heterocycles. The van der Waals surface area contributed by atoms with Crippen LogP contribution in [-0.4, -0.2) is 27.3 Å². The highest BCUT2D eigenvalue weighted by Crippen LogP contribution is 2.37. The molecule has 0 aliphatic heterocycles. The van der Waals surface area contributed by atoms with E-state index in [2.05, 4.69) is 27.8 Å². The lowest BCUT2D eigenvalue weighted by molar-refractivity contribution is 0.372. The van der Waals surface area contributed by atoms with Crippen molar-refractivity contribution in [2.45, 2.75) is 45.2 Å². The standard InChI is InChI=1S/C10H19N5/c1-3-9(6-8-4-5-8)15-10(7-11-2)12-13-14-15/h8-9,11H,3-7H2,1-2H3. The molecule has 1 aromatic rings. The van der Waals surface area contributed by atoms with Gasteiger partial charge in [0.25, 0.3) is 0 Å². The minimum atomic E-state index is 0.482. The van der Waals surface area contributed by atoms with Crippen molar-refractivity contribution in [1.29, 1.82) is 0 Å². The molecular weight excluding hydrogens is 190 g/mol. The Hall–Kier alpha value is -0.970. The first kappa shape index (κ1) is 10.5. The van der Waals surface area contributed by atoms with Crippen molar-refractivity contribution in [1.82, 2.24) is 25.5 Å². The molecule has 1 fully saturated rings. The van der Waals surface area contributed by atoms with Crippen molar-refractivity contribution in [3.05, 3.63) is 5.82 Å².